The molecular formula is C18H21ClN2O4S. The highest BCUT2D eigenvalue weighted by Gasteiger charge is 2.18. The van der Waals surface area contributed by atoms with Crippen molar-refractivity contribution >= 4 is 33.0 Å². The van der Waals surface area contributed by atoms with E-state index >= 15 is 0 Å². The molecular weight excluding hydrogens is 376 g/mol. The van der Waals surface area contributed by atoms with Gasteiger partial charge in [-0.2, -0.15) is 0 Å². The van der Waals surface area contributed by atoms with Crippen LogP contribution >= 0.6 is 11.6 Å². The standard InChI is InChI=1S/C18H21ClN2O4S/c1-2-3-4-5-6-14-7-10-16(11-8-14)26(24,25)20-15-9-12-17(19)18(13-15)21(22)23/h7-13,20H,2-6H2,1H3. The van der Waals surface area contributed by atoms with Gasteiger partial charge < -0.3 is 0 Å². The molecule has 0 saturated carbocycles. The van der Waals surface area contributed by atoms with Crippen LogP contribution < -0.4 is 4.72 Å². The maximum absolute atomic E-state index is 12.5. The molecule has 0 fully saturated rings. The van der Waals surface area contributed by atoms with E-state index in [0.29, 0.717) is 0 Å². The summed E-state index contributed by atoms with van der Waals surface area (Å²) in [5, 5.41) is 10.9. The molecule has 0 bridgehead atoms. The Bertz CT molecular complexity index is 867. The Labute approximate surface area is 158 Å². The van der Waals surface area contributed by atoms with Crippen molar-refractivity contribution in [3.8, 4) is 0 Å². The van der Waals surface area contributed by atoms with Gasteiger partial charge in [-0.05, 0) is 42.7 Å². The van der Waals surface area contributed by atoms with Gasteiger partial charge in [-0.1, -0.05) is 49.9 Å². The van der Waals surface area contributed by atoms with Crippen molar-refractivity contribution in [1.82, 2.24) is 0 Å². The first kappa shape index (κ1) is 20.2. The van der Waals surface area contributed by atoms with E-state index in [2.05, 4.69) is 11.6 Å². The van der Waals surface area contributed by atoms with Crippen LogP contribution in [0.25, 0.3) is 0 Å². The van der Waals surface area contributed by atoms with Crippen LogP contribution in [0.2, 0.25) is 5.02 Å². The van der Waals surface area contributed by atoms with Crippen molar-refractivity contribution < 1.29 is 13.3 Å². The minimum Gasteiger partial charge on any atom is -0.279 e. The first-order valence-corrected chi connectivity index (χ1v) is 10.3. The number of hydrogen-bond acceptors (Lipinski definition) is 4. The van der Waals surface area contributed by atoms with Gasteiger partial charge in [0.15, 0.2) is 0 Å². The maximum Gasteiger partial charge on any atom is 0.289 e. The highest BCUT2D eigenvalue weighted by Crippen LogP contribution is 2.28. The lowest BCUT2D eigenvalue weighted by Gasteiger charge is -2.09. The number of aryl methyl sites for hydroxylation is 1. The van der Waals surface area contributed by atoms with Gasteiger partial charge in [-0.25, -0.2) is 8.42 Å². The molecule has 1 N–H and O–H groups in total. The zero-order chi connectivity index (χ0) is 19.2. The molecule has 0 atom stereocenters. The number of nitro benzene ring substituents is 1. The van der Waals surface area contributed by atoms with Crippen molar-refractivity contribution in [2.24, 2.45) is 0 Å². The Morgan fingerprint density at radius 2 is 1.77 bits per heavy atom. The van der Waals surface area contributed by atoms with Crippen molar-refractivity contribution in [1.29, 1.82) is 0 Å². The first-order valence-electron chi connectivity index (χ1n) is 8.39. The van der Waals surface area contributed by atoms with Gasteiger partial charge in [0.1, 0.15) is 5.02 Å². The zero-order valence-electron chi connectivity index (χ0n) is 14.4. The SMILES string of the molecule is CCCCCCc1ccc(S(=O)(=O)Nc2ccc(Cl)c([N+](=O)[O-])c2)cc1. The zero-order valence-corrected chi connectivity index (χ0v) is 16.0. The molecule has 2 aromatic carbocycles. The number of rotatable bonds is 9. The van der Waals surface area contributed by atoms with Crippen LogP contribution in [0.3, 0.4) is 0 Å². The molecule has 0 saturated heterocycles. The molecule has 2 rings (SSSR count). The Balaban J connectivity index is 2.10. The minimum absolute atomic E-state index is 0.0506. The monoisotopic (exact) mass is 396 g/mol. The lowest BCUT2D eigenvalue weighted by molar-refractivity contribution is -0.384. The van der Waals surface area contributed by atoms with Gasteiger partial charge >= 0.3 is 0 Å². The maximum atomic E-state index is 12.5. The number of nitrogens with zero attached hydrogens (tertiary/aromatic N) is 1. The molecule has 0 spiro atoms. The van der Waals surface area contributed by atoms with Crippen LogP contribution in [0.5, 0.6) is 0 Å². The van der Waals surface area contributed by atoms with Gasteiger partial charge in [0.2, 0.25) is 0 Å². The summed E-state index contributed by atoms with van der Waals surface area (Å²) in [6.07, 6.45) is 5.52. The molecule has 0 aromatic heterocycles. The lowest BCUT2D eigenvalue weighted by atomic mass is 10.1. The van der Waals surface area contributed by atoms with E-state index in [1.54, 1.807) is 24.3 Å². The summed E-state index contributed by atoms with van der Waals surface area (Å²) in [5.41, 5.74) is 0.821. The number of nitrogens with one attached hydrogen (secondary N) is 1. The second-order valence-corrected chi connectivity index (χ2v) is 8.07. The van der Waals surface area contributed by atoms with Crippen LogP contribution in [-0.2, 0) is 16.4 Å². The van der Waals surface area contributed by atoms with Gasteiger partial charge in [0, 0.05) is 6.07 Å². The van der Waals surface area contributed by atoms with Crippen molar-refractivity contribution in [3.05, 3.63) is 63.2 Å². The molecule has 0 aliphatic rings. The fourth-order valence-electron chi connectivity index (χ4n) is 2.52. The number of halogens is 1. The molecule has 26 heavy (non-hydrogen) atoms. The fourth-order valence-corrected chi connectivity index (χ4v) is 3.76. The van der Waals surface area contributed by atoms with Crippen molar-refractivity contribution in [3.63, 3.8) is 0 Å². The molecule has 8 heteroatoms. The molecule has 0 unspecified atom stereocenters. The number of nitro groups is 1. The second-order valence-electron chi connectivity index (χ2n) is 5.98. The van der Waals surface area contributed by atoms with E-state index in [0.717, 1.165) is 30.9 Å². The summed E-state index contributed by atoms with van der Waals surface area (Å²) in [4.78, 5) is 10.4. The summed E-state index contributed by atoms with van der Waals surface area (Å²) in [6, 6.07) is 10.5. The topological polar surface area (TPSA) is 89.3 Å². The summed E-state index contributed by atoms with van der Waals surface area (Å²) in [5.74, 6) is 0. The number of sulfonamides is 1. The number of hydrogen-bond donors (Lipinski definition) is 1. The van der Waals surface area contributed by atoms with E-state index in [4.69, 9.17) is 11.6 Å². The number of anilines is 1. The van der Waals surface area contributed by atoms with Crippen molar-refractivity contribution in [2.45, 2.75) is 43.9 Å². The summed E-state index contributed by atoms with van der Waals surface area (Å²) in [7, 11) is -3.83. The van der Waals surface area contributed by atoms with Crippen LogP contribution in [0.1, 0.15) is 38.2 Å². The average Bonchev–Trinajstić information content (AvgIpc) is 2.60. The normalized spacial score (nSPS) is 11.3. The Hall–Kier alpha value is -2.12. The van der Waals surface area contributed by atoms with E-state index in [-0.39, 0.29) is 21.3 Å². The third-order valence-corrected chi connectivity index (χ3v) is 5.66. The van der Waals surface area contributed by atoms with Crippen molar-refractivity contribution in [2.75, 3.05) is 4.72 Å². The predicted octanol–water partition coefficient (Wildman–Crippen LogP) is 5.17. The second kappa shape index (κ2) is 9.00. The summed E-state index contributed by atoms with van der Waals surface area (Å²) in [6.45, 7) is 2.15. The minimum atomic E-state index is -3.83. The third-order valence-electron chi connectivity index (χ3n) is 3.95. The van der Waals surface area contributed by atoms with Crippen LogP contribution in [0.4, 0.5) is 11.4 Å². The average molecular weight is 397 g/mol. The van der Waals surface area contributed by atoms with Gasteiger partial charge in [-0.3, -0.25) is 14.8 Å². The first-order chi connectivity index (χ1) is 12.3. The van der Waals surface area contributed by atoms with Crippen LogP contribution in [0.15, 0.2) is 47.4 Å². The molecule has 0 aliphatic heterocycles. The van der Waals surface area contributed by atoms with Gasteiger partial charge in [0.25, 0.3) is 15.7 Å². The molecule has 6 nitrogen and oxygen atoms in total. The third kappa shape index (κ3) is 5.44. The quantitative estimate of drug-likeness (QED) is 0.359. The molecule has 140 valence electrons. The Kier molecular flexibility index (Phi) is 6.99. The smallest absolute Gasteiger partial charge is 0.279 e. The van der Waals surface area contributed by atoms with Crippen LogP contribution in [0, 0.1) is 10.1 Å². The van der Waals surface area contributed by atoms with E-state index in [1.807, 2.05) is 0 Å². The lowest BCUT2D eigenvalue weighted by Crippen LogP contribution is -2.13. The highest BCUT2D eigenvalue weighted by molar-refractivity contribution is 7.92. The summed E-state index contributed by atoms with van der Waals surface area (Å²) < 4.78 is 27.3. The summed E-state index contributed by atoms with van der Waals surface area (Å²) >= 11 is 5.74. The van der Waals surface area contributed by atoms with Gasteiger partial charge in [0.05, 0.1) is 15.5 Å². The number of unbranched alkanes of at least 4 members (excludes halogenated alkanes) is 3. The Morgan fingerprint density at radius 1 is 1.08 bits per heavy atom. The number of benzene rings is 2. The molecule has 0 amide bonds. The van der Waals surface area contributed by atoms with Crippen LogP contribution in [-0.4, -0.2) is 13.3 Å². The molecule has 2 aromatic rings. The Morgan fingerprint density at radius 3 is 2.38 bits per heavy atom. The van der Waals surface area contributed by atoms with E-state index in [9.17, 15) is 18.5 Å². The van der Waals surface area contributed by atoms with E-state index < -0.39 is 14.9 Å². The molecule has 0 aliphatic carbocycles. The predicted molar refractivity (Wildman–Crippen MR) is 103 cm³/mol. The molecule has 0 heterocycles. The fraction of sp³-hybridized carbons (Fsp3) is 0.333. The van der Waals surface area contributed by atoms with Gasteiger partial charge in [-0.15, -0.1) is 0 Å². The highest BCUT2D eigenvalue weighted by atomic mass is 35.5. The molecule has 0 radical (unpaired) electrons. The van der Waals surface area contributed by atoms with E-state index in [1.165, 1.54) is 25.0 Å². The largest absolute Gasteiger partial charge is 0.289 e.